The molecule has 0 spiro atoms. The normalized spacial score (nSPS) is 15.2. The number of likely N-dealkylation sites (tertiary alicyclic amines) is 1. The van der Waals surface area contributed by atoms with Crippen molar-refractivity contribution < 1.29 is 19.1 Å². The van der Waals surface area contributed by atoms with Gasteiger partial charge in [-0.25, -0.2) is 4.79 Å². The lowest BCUT2D eigenvalue weighted by Gasteiger charge is -2.37. The molecule has 3 aromatic carbocycles. The number of ether oxygens (including phenoxy) is 1. The molecule has 2 saturated heterocycles. The van der Waals surface area contributed by atoms with Crippen LogP contribution in [0.2, 0.25) is 0 Å². The van der Waals surface area contributed by atoms with Gasteiger partial charge in [0.15, 0.2) is 0 Å². The molecule has 9 heteroatoms. The standard InChI is InChI=1S/C30H33N5O4/c1-39-25-12-9-22(10-13-25)28(36)31-24-11-14-27(26(21-24)29(37)34-15-5-6-16-34)33-17-19-35(20-18-33)30(38)32-23-7-3-2-4-8-23/h2-4,7-14,21H,5-6,15-20H2,1H3,(H,31,36)(H,32,38). The number of piperazine rings is 1. The molecule has 3 aromatic rings. The third-order valence-corrected chi connectivity index (χ3v) is 7.16. The van der Waals surface area contributed by atoms with E-state index < -0.39 is 0 Å². The topological polar surface area (TPSA) is 94.2 Å². The first-order valence-electron chi connectivity index (χ1n) is 13.3. The predicted molar refractivity (Wildman–Crippen MR) is 152 cm³/mol. The van der Waals surface area contributed by atoms with Gasteiger partial charge in [0, 0.05) is 61.9 Å². The summed E-state index contributed by atoms with van der Waals surface area (Å²) in [6, 6.07) is 21.6. The minimum atomic E-state index is -0.261. The first-order chi connectivity index (χ1) is 19.0. The maximum Gasteiger partial charge on any atom is 0.321 e. The van der Waals surface area contributed by atoms with Crippen LogP contribution in [0.3, 0.4) is 0 Å². The summed E-state index contributed by atoms with van der Waals surface area (Å²) in [7, 11) is 1.58. The van der Waals surface area contributed by atoms with Crippen molar-refractivity contribution in [2.75, 3.05) is 61.9 Å². The van der Waals surface area contributed by atoms with Crippen LogP contribution >= 0.6 is 0 Å². The molecular weight excluding hydrogens is 494 g/mol. The number of rotatable bonds is 6. The Morgan fingerprint density at radius 3 is 2.08 bits per heavy atom. The van der Waals surface area contributed by atoms with Crippen molar-refractivity contribution >= 4 is 34.9 Å². The Hall–Kier alpha value is -4.53. The second-order valence-electron chi connectivity index (χ2n) is 9.68. The van der Waals surface area contributed by atoms with Crippen LogP contribution in [-0.4, -0.2) is 74.0 Å². The Labute approximate surface area is 228 Å². The van der Waals surface area contributed by atoms with Gasteiger partial charge in [-0.05, 0) is 67.4 Å². The monoisotopic (exact) mass is 527 g/mol. The van der Waals surface area contributed by atoms with E-state index in [1.54, 1.807) is 42.3 Å². The number of hydrogen-bond donors (Lipinski definition) is 2. The van der Waals surface area contributed by atoms with Crippen molar-refractivity contribution in [2.24, 2.45) is 0 Å². The maximum atomic E-state index is 13.6. The van der Waals surface area contributed by atoms with Crippen molar-refractivity contribution in [3.8, 4) is 5.75 Å². The zero-order valence-electron chi connectivity index (χ0n) is 22.1. The number of amides is 4. The molecule has 202 valence electrons. The van der Waals surface area contributed by atoms with Crippen molar-refractivity contribution in [1.82, 2.24) is 9.80 Å². The van der Waals surface area contributed by atoms with Crippen molar-refractivity contribution in [3.05, 3.63) is 83.9 Å². The van der Waals surface area contributed by atoms with Gasteiger partial charge in [0.2, 0.25) is 0 Å². The molecule has 2 heterocycles. The maximum absolute atomic E-state index is 13.6. The number of nitrogens with one attached hydrogen (secondary N) is 2. The van der Waals surface area contributed by atoms with Crippen molar-refractivity contribution in [2.45, 2.75) is 12.8 Å². The van der Waals surface area contributed by atoms with Crippen LogP contribution in [0.1, 0.15) is 33.6 Å². The molecule has 0 unspecified atom stereocenters. The average molecular weight is 528 g/mol. The summed E-state index contributed by atoms with van der Waals surface area (Å²) in [4.78, 5) is 45.0. The molecule has 0 saturated carbocycles. The summed E-state index contributed by atoms with van der Waals surface area (Å²) in [5.74, 6) is 0.377. The lowest BCUT2D eigenvalue weighted by atomic mass is 10.1. The molecule has 0 aliphatic carbocycles. The van der Waals surface area contributed by atoms with E-state index in [4.69, 9.17) is 4.74 Å². The molecule has 39 heavy (non-hydrogen) atoms. The summed E-state index contributed by atoms with van der Waals surface area (Å²) in [6.45, 7) is 3.72. The molecular formula is C30H33N5O4. The lowest BCUT2D eigenvalue weighted by Crippen LogP contribution is -2.50. The summed E-state index contributed by atoms with van der Waals surface area (Å²) in [5.41, 5.74) is 3.19. The van der Waals surface area contributed by atoms with Gasteiger partial charge in [0.25, 0.3) is 11.8 Å². The average Bonchev–Trinajstić information content (AvgIpc) is 3.53. The number of para-hydroxylation sites is 1. The van der Waals surface area contributed by atoms with E-state index in [0.717, 1.165) is 37.3 Å². The molecule has 0 bridgehead atoms. The Bertz CT molecular complexity index is 1310. The van der Waals surface area contributed by atoms with Crippen molar-refractivity contribution in [1.29, 1.82) is 0 Å². The third kappa shape index (κ3) is 6.14. The molecule has 0 radical (unpaired) electrons. The van der Waals surface area contributed by atoms with Gasteiger partial charge >= 0.3 is 6.03 Å². The number of carbonyl (C=O) groups is 3. The van der Waals surface area contributed by atoms with E-state index in [-0.39, 0.29) is 17.8 Å². The summed E-state index contributed by atoms with van der Waals surface area (Å²) in [6.07, 6.45) is 1.98. The van der Waals surface area contributed by atoms with E-state index in [2.05, 4.69) is 15.5 Å². The van der Waals surface area contributed by atoms with Crippen LogP contribution < -0.4 is 20.3 Å². The van der Waals surface area contributed by atoms with Crippen LogP contribution in [0.15, 0.2) is 72.8 Å². The number of urea groups is 1. The van der Waals surface area contributed by atoms with E-state index >= 15 is 0 Å². The molecule has 2 aliphatic heterocycles. The Morgan fingerprint density at radius 2 is 1.41 bits per heavy atom. The van der Waals surface area contributed by atoms with Crippen molar-refractivity contribution in [3.63, 3.8) is 0 Å². The molecule has 2 aliphatic rings. The fraction of sp³-hybridized carbons (Fsp3) is 0.300. The van der Waals surface area contributed by atoms with Gasteiger partial charge in [-0.1, -0.05) is 18.2 Å². The first-order valence-corrected chi connectivity index (χ1v) is 13.3. The number of benzene rings is 3. The number of anilines is 3. The van der Waals surface area contributed by atoms with Gasteiger partial charge in [0.1, 0.15) is 5.75 Å². The SMILES string of the molecule is COc1ccc(C(=O)Nc2ccc(N3CCN(C(=O)Nc4ccccc4)CC3)c(C(=O)N3CCCC3)c2)cc1. The predicted octanol–water partition coefficient (Wildman–Crippen LogP) is 4.54. The van der Waals surface area contributed by atoms with Gasteiger partial charge in [0.05, 0.1) is 12.7 Å². The fourth-order valence-corrected chi connectivity index (χ4v) is 4.97. The van der Waals surface area contributed by atoms with E-state index in [1.807, 2.05) is 47.4 Å². The van der Waals surface area contributed by atoms with E-state index in [0.29, 0.717) is 48.7 Å². The highest BCUT2D eigenvalue weighted by molar-refractivity contribution is 6.06. The molecule has 0 aromatic heterocycles. The molecule has 2 fully saturated rings. The van der Waals surface area contributed by atoms with Gasteiger partial charge < -0.3 is 30.1 Å². The quantitative estimate of drug-likeness (QED) is 0.491. The second kappa shape index (κ2) is 11.9. The molecule has 5 rings (SSSR count). The van der Waals surface area contributed by atoms with Crippen LogP contribution in [0.25, 0.3) is 0 Å². The zero-order chi connectivity index (χ0) is 27.2. The Kier molecular flexibility index (Phi) is 7.96. The van der Waals surface area contributed by atoms with Crippen LogP contribution in [0, 0.1) is 0 Å². The smallest absolute Gasteiger partial charge is 0.321 e. The minimum Gasteiger partial charge on any atom is -0.497 e. The Morgan fingerprint density at radius 1 is 0.718 bits per heavy atom. The van der Waals surface area contributed by atoms with E-state index in [1.165, 1.54) is 0 Å². The summed E-state index contributed by atoms with van der Waals surface area (Å²) < 4.78 is 5.17. The first kappa shape index (κ1) is 26.1. The van der Waals surface area contributed by atoms with Crippen LogP contribution in [0.4, 0.5) is 21.9 Å². The van der Waals surface area contributed by atoms with Crippen LogP contribution in [0.5, 0.6) is 5.75 Å². The molecule has 2 N–H and O–H groups in total. The number of methoxy groups -OCH3 is 1. The molecule has 4 amide bonds. The number of carbonyl (C=O) groups excluding carboxylic acids is 3. The minimum absolute atomic E-state index is 0.0349. The highest BCUT2D eigenvalue weighted by Crippen LogP contribution is 2.29. The summed E-state index contributed by atoms with van der Waals surface area (Å²) >= 11 is 0. The van der Waals surface area contributed by atoms with E-state index in [9.17, 15) is 14.4 Å². The van der Waals surface area contributed by atoms with Gasteiger partial charge in [-0.2, -0.15) is 0 Å². The third-order valence-electron chi connectivity index (χ3n) is 7.16. The summed E-state index contributed by atoms with van der Waals surface area (Å²) in [5, 5.41) is 5.87. The zero-order valence-corrected chi connectivity index (χ0v) is 22.1. The number of hydrogen-bond acceptors (Lipinski definition) is 5. The fourth-order valence-electron chi connectivity index (χ4n) is 4.97. The van der Waals surface area contributed by atoms with Gasteiger partial charge in [-0.15, -0.1) is 0 Å². The number of nitrogens with zero attached hydrogens (tertiary/aromatic N) is 3. The Balaban J connectivity index is 1.31. The van der Waals surface area contributed by atoms with Crippen LogP contribution in [-0.2, 0) is 0 Å². The molecule has 9 nitrogen and oxygen atoms in total. The largest absolute Gasteiger partial charge is 0.497 e. The lowest BCUT2D eigenvalue weighted by molar-refractivity contribution is 0.0792. The second-order valence-corrected chi connectivity index (χ2v) is 9.68. The van der Waals surface area contributed by atoms with Gasteiger partial charge in [-0.3, -0.25) is 9.59 Å². The molecule has 0 atom stereocenters. The highest BCUT2D eigenvalue weighted by Gasteiger charge is 2.27. The highest BCUT2D eigenvalue weighted by atomic mass is 16.5.